The molecule has 1 aromatic heterocycles. The summed E-state index contributed by atoms with van der Waals surface area (Å²) < 4.78 is 0.968. The second kappa shape index (κ2) is 7.92. The van der Waals surface area contributed by atoms with Gasteiger partial charge in [-0.1, -0.05) is 36.4 Å². The fourth-order valence-electron chi connectivity index (χ4n) is 2.46. The molecule has 0 bridgehead atoms. The van der Waals surface area contributed by atoms with Gasteiger partial charge >= 0.3 is 0 Å². The van der Waals surface area contributed by atoms with Gasteiger partial charge in [-0.2, -0.15) is 5.10 Å². The summed E-state index contributed by atoms with van der Waals surface area (Å²) in [6, 6.07) is 16.2. The van der Waals surface area contributed by atoms with E-state index in [0.29, 0.717) is 0 Å². The SMILES string of the molecule is Br/C(C=NN1CCN(c2ccccn2)CC1)=C\c1ccccc1. The van der Waals surface area contributed by atoms with Crippen molar-refractivity contribution >= 4 is 34.0 Å². The number of anilines is 1. The van der Waals surface area contributed by atoms with Gasteiger partial charge < -0.3 is 4.90 Å². The molecule has 1 fully saturated rings. The molecule has 0 amide bonds. The van der Waals surface area contributed by atoms with Crippen LogP contribution in [-0.2, 0) is 0 Å². The molecule has 0 N–H and O–H groups in total. The molecule has 0 aliphatic carbocycles. The molecule has 118 valence electrons. The smallest absolute Gasteiger partial charge is 0.128 e. The number of halogens is 1. The van der Waals surface area contributed by atoms with Gasteiger partial charge in [-0.3, -0.25) is 5.01 Å². The van der Waals surface area contributed by atoms with Crippen molar-refractivity contribution < 1.29 is 0 Å². The maximum absolute atomic E-state index is 4.55. The van der Waals surface area contributed by atoms with Crippen molar-refractivity contribution in [1.29, 1.82) is 0 Å². The van der Waals surface area contributed by atoms with Gasteiger partial charge in [0.1, 0.15) is 5.82 Å². The molecular formula is C18H19BrN4. The van der Waals surface area contributed by atoms with E-state index in [1.54, 1.807) is 0 Å². The molecule has 0 saturated carbocycles. The zero-order valence-electron chi connectivity index (χ0n) is 12.8. The van der Waals surface area contributed by atoms with Crippen molar-refractivity contribution in [3.05, 3.63) is 64.8 Å². The van der Waals surface area contributed by atoms with Crippen molar-refractivity contribution in [3.8, 4) is 0 Å². The molecule has 23 heavy (non-hydrogen) atoms. The van der Waals surface area contributed by atoms with Gasteiger partial charge in [-0.05, 0) is 39.7 Å². The second-order valence-electron chi connectivity index (χ2n) is 5.31. The Labute approximate surface area is 145 Å². The number of benzene rings is 1. The molecule has 2 aromatic rings. The summed E-state index contributed by atoms with van der Waals surface area (Å²) in [5.74, 6) is 1.04. The Balaban J connectivity index is 1.53. The number of hydrazone groups is 1. The van der Waals surface area contributed by atoms with Gasteiger partial charge in [0.2, 0.25) is 0 Å². The highest BCUT2D eigenvalue weighted by Gasteiger charge is 2.16. The van der Waals surface area contributed by atoms with Crippen LogP contribution in [0.4, 0.5) is 5.82 Å². The Morgan fingerprint density at radius 2 is 1.74 bits per heavy atom. The van der Waals surface area contributed by atoms with Gasteiger partial charge in [0.15, 0.2) is 0 Å². The van der Waals surface area contributed by atoms with Crippen LogP contribution in [0.5, 0.6) is 0 Å². The lowest BCUT2D eigenvalue weighted by atomic mass is 10.2. The summed E-state index contributed by atoms with van der Waals surface area (Å²) in [4.78, 5) is 6.69. The Bertz CT molecular complexity index is 662. The average molecular weight is 371 g/mol. The van der Waals surface area contributed by atoms with Crippen molar-refractivity contribution in [2.24, 2.45) is 5.10 Å². The molecule has 0 unspecified atom stereocenters. The van der Waals surface area contributed by atoms with Gasteiger partial charge in [0.05, 0.1) is 19.3 Å². The first-order valence-corrected chi connectivity index (χ1v) is 8.48. The second-order valence-corrected chi connectivity index (χ2v) is 6.23. The maximum Gasteiger partial charge on any atom is 0.128 e. The standard InChI is InChI=1S/C18H19BrN4/c19-17(14-16-6-2-1-3-7-16)15-21-23-12-10-22(11-13-23)18-8-4-5-9-20-18/h1-9,14-15H,10-13H2/b17-14-,21-15?. The predicted octanol–water partition coefficient (Wildman–Crippen LogP) is 3.63. The van der Waals surface area contributed by atoms with Gasteiger partial charge in [0, 0.05) is 23.8 Å². The van der Waals surface area contributed by atoms with Gasteiger partial charge in [0.25, 0.3) is 0 Å². The summed E-state index contributed by atoms with van der Waals surface area (Å²) >= 11 is 3.55. The van der Waals surface area contributed by atoms with Crippen LogP contribution < -0.4 is 4.90 Å². The zero-order valence-corrected chi connectivity index (χ0v) is 14.4. The molecule has 3 rings (SSSR count). The van der Waals surface area contributed by atoms with E-state index in [1.807, 2.05) is 42.7 Å². The lowest BCUT2D eigenvalue weighted by molar-refractivity contribution is 0.271. The molecule has 0 radical (unpaired) electrons. The fraction of sp³-hybridized carbons (Fsp3) is 0.222. The fourth-order valence-corrected chi connectivity index (χ4v) is 2.82. The third-order valence-corrected chi connectivity index (χ3v) is 4.11. The number of hydrogen-bond acceptors (Lipinski definition) is 4. The minimum Gasteiger partial charge on any atom is -0.353 e. The minimum absolute atomic E-state index is 0.901. The van der Waals surface area contributed by atoms with E-state index in [-0.39, 0.29) is 0 Å². The molecule has 1 aromatic carbocycles. The summed E-state index contributed by atoms with van der Waals surface area (Å²) in [5, 5.41) is 6.65. The first kappa shape index (κ1) is 15.7. The van der Waals surface area contributed by atoms with E-state index >= 15 is 0 Å². The van der Waals surface area contributed by atoms with Crippen molar-refractivity contribution in [3.63, 3.8) is 0 Å². The molecule has 0 spiro atoms. The molecule has 1 aliphatic heterocycles. The van der Waals surface area contributed by atoms with E-state index in [9.17, 15) is 0 Å². The Kier molecular flexibility index (Phi) is 5.42. The number of piperazine rings is 1. The van der Waals surface area contributed by atoms with Crippen LogP contribution in [0.2, 0.25) is 0 Å². The number of aromatic nitrogens is 1. The quantitative estimate of drug-likeness (QED) is 0.770. The maximum atomic E-state index is 4.55. The first-order chi connectivity index (χ1) is 11.3. The molecule has 1 saturated heterocycles. The van der Waals surface area contributed by atoms with Crippen molar-refractivity contribution in [1.82, 2.24) is 9.99 Å². The van der Waals surface area contributed by atoms with Gasteiger partial charge in [-0.25, -0.2) is 4.98 Å². The Morgan fingerprint density at radius 3 is 2.43 bits per heavy atom. The Morgan fingerprint density at radius 1 is 1.00 bits per heavy atom. The number of pyridine rings is 1. The highest BCUT2D eigenvalue weighted by molar-refractivity contribution is 9.12. The summed E-state index contributed by atoms with van der Waals surface area (Å²) in [7, 11) is 0. The summed E-state index contributed by atoms with van der Waals surface area (Å²) in [6.45, 7) is 3.68. The molecule has 4 nitrogen and oxygen atoms in total. The molecule has 5 heteroatoms. The lowest BCUT2D eigenvalue weighted by Gasteiger charge is -2.33. The van der Waals surface area contributed by atoms with Crippen LogP contribution in [-0.4, -0.2) is 42.4 Å². The Hall–Kier alpha value is -2.14. The largest absolute Gasteiger partial charge is 0.353 e. The molecule has 2 heterocycles. The van der Waals surface area contributed by atoms with Crippen LogP contribution in [0.15, 0.2) is 64.3 Å². The van der Waals surface area contributed by atoms with Crippen LogP contribution >= 0.6 is 15.9 Å². The third-order valence-electron chi connectivity index (χ3n) is 3.68. The number of allylic oxidation sites excluding steroid dienone is 1. The van der Waals surface area contributed by atoms with Crippen molar-refractivity contribution in [2.75, 3.05) is 31.1 Å². The summed E-state index contributed by atoms with van der Waals surface area (Å²) in [6.07, 6.45) is 5.77. The molecule has 1 aliphatic rings. The van der Waals surface area contributed by atoms with E-state index in [0.717, 1.165) is 42.0 Å². The first-order valence-electron chi connectivity index (χ1n) is 7.68. The highest BCUT2D eigenvalue weighted by atomic mass is 79.9. The van der Waals surface area contributed by atoms with Crippen LogP contribution in [0.3, 0.4) is 0 Å². The van der Waals surface area contributed by atoms with Gasteiger partial charge in [-0.15, -0.1) is 0 Å². The topological polar surface area (TPSA) is 31.7 Å². The predicted molar refractivity (Wildman–Crippen MR) is 99.9 cm³/mol. The minimum atomic E-state index is 0.901. The summed E-state index contributed by atoms with van der Waals surface area (Å²) in [5.41, 5.74) is 1.16. The van der Waals surface area contributed by atoms with E-state index in [2.05, 4.69) is 60.2 Å². The van der Waals surface area contributed by atoms with Crippen molar-refractivity contribution in [2.45, 2.75) is 0 Å². The highest BCUT2D eigenvalue weighted by Crippen LogP contribution is 2.14. The van der Waals surface area contributed by atoms with Crippen LogP contribution in [0, 0.1) is 0 Å². The molecular weight excluding hydrogens is 352 g/mol. The number of nitrogens with zero attached hydrogens (tertiary/aromatic N) is 4. The lowest BCUT2D eigenvalue weighted by Crippen LogP contribution is -2.44. The third kappa shape index (κ3) is 4.66. The van der Waals surface area contributed by atoms with Crippen LogP contribution in [0.25, 0.3) is 6.08 Å². The van der Waals surface area contributed by atoms with E-state index < -0.39 is 0 Å². The zero-order chi connectivity index (χ0) is 15.9. The van der Waals surface area contributed by atoms with E-state index in [4.69, 9.17) is 0 Å². The van der Waals surface area contributed by atoms with Crippen LogP contribution in [0.1, 0.15) is 5.56 Å². The molecule has 0 atom stereocenters. The van der Waals surface area contributed by atoms with E-state index in [1.165, 1.54) is 0 Å². The average Bonchev–Trinajstić information content (AvgIpc) is 2.62. The number of rotatable bonds is 4. The monoisotopic (exact) mass is 370 g/mol. The number of hydrogen-bond donors (Lipinski definition) is 0. The normalized spacial score (nSPS) is 16.1.